The van der Waals surface area contributed by atoms with Crippen LogP contribution in [0.5, 0.6) is 0 Å². The van der Waals surface area contributed by atoms with Crippen molar-refractivity contribution >= 4 is 11.6 Å². The highest BCUT2D eigenvalue weighted by Crippen LogP contribution is 2.41. The predicted octanol–water partition coefficient (Wildman–Crippen LogP) is 2.43. The van der Waals surface area contributed by atoms with Gasteiger partial charge in [0.15, 0.2) is 0 Å². The Balaban J connectivity index is 2.15. The van der Waals surface area contributed by atoms with Crippen LogP contribution in [0.1, 0.15) is 44.3 Å². The maximum Gasteiger partial charge on any atom is 0.0834 e. The molecule has 6 heteroatoms. The number of nitrogens with zero attached hydrogens (tertiary/aromatic N) is 3. The molecule has 1 aromatic rings. The van der Waals surface area contributed by atoms with E-state index in [2.05, 4.69) is 36.4 Å². The standard InChI is InChI=1S/C15H28ClN5/c1-4-11-5-6-12(9-11)14(19-17)15-13(16)10-18-21(15)8-7-20(2)3/h10-12,14,19H,4-9,17H2,1-3H3. The van der Waals surface area contributed by atoms with Gasteiger partial charge in [0.05, 0.1) is 29.5 Å². The zero-order valence-corrected chi connectivity index (χ0v) is 14.1. The van der Waals surface area contributed by atoms with Crippen molar-refractivity contribution in [1.82, 2.24) is 20.1 Å². The average molecular weight is 314 g/mol. The van der Waals surface area contributed by atoms with Crippen LogP contribution in [0.25, 0.3) is 0 Å². The fourth-order valence-corrected chi connectivity index (χ4v) is 3.64. The molecule has 1 aliphatic carbocycles. The minimum absolute atomic E-state index is 0.0960. The molecule has 1 fully saturated rings. The fourth-order valence-electron chi connectivity index (χ4n) is 3.38. The Hall–Kier alpha value is -0.620. The molecule has 5 nitrogen and oxygen atoms in total. The van der Waals surface area contributed by atoms with Crippen LogP contribution >= 0.6 is 11.6 Å². The van der Waals surface area contributed by atoms with Crippen molar-refractivity contribution in [3.63, 3.8) is 0 Å². The third-order valence-corrected chi connectivity index (χ3v) is 4.99. The van der Waals surface area contributed by atoms with E-state index < -0.39 is 0 Å². The van der Waals surface area contributed by atoms with Crippen molar-refractivity contribution in [2.24, 2.45) is 17.7 Å². The van der Waals surface area contributed by atoms with E-state index >= 15 is 0 Å². The smallest absolute Gasteiger partial charge is 0.0834 e. The van der Waals surface area contributed by atoms with Gasteiger partial charge in [-0.05, 0) is 38.8 Å². The van der Waals surface area contributed by atoms with Crippen molar-refractivity contribution in [1.29, 1.82) is 0 Å². The number of hydrogen-bond donors (Lipinski definition) is 2. The number of nitrogens with one attached hydrogen (secondary N) is 1. The molecular formula is C15H28ClN5. The highest BCUT2D eigenvalue weighted by atomic mass is 35.5. The van der Waals surface area contributed by atoms with Gasteiger partial charge in [-0.25, -0.2) is 0 Å². The van der Waals surface area contributed by atoms with E-state index in [0.717, 1.165) is 29.7 Å². The summed E-state index contributed by atoms with van der Waals surface area (Å²) in [6, 6.07) is 0.0960. The molecule has 0 bridgehead atoms. The van der Waals surface area contributed by atoms with Crippen LogP contribution in [-0.4, -0.2) is 35.3 Å². The van der Waals surface area contributed by atoms with Gasteiger partial charge in [-0.2, -0.15) is 5.10 Å². The first-order valence-corrected chi connectivity index (χ1v) is 8.26. The molecule has 1 aromatic heterocycles. The van der Waals surface area contributed by atoms with Gasteiger partial charge in [0.2, 0.25) is 0 Å². The summed E-state index contributed by atoms with van der Waals surface area (Å²) in [5.74, 6) is 7.23. The molecule has 2 rings (SSSR count). The Kier molecular flexibility index (Phi) is 6.05. The Morgan fingerprint density at radius 2 is 2.29 bits per heavy atom. The predicted molar refractivity (Wildman–Crippen MR) is 87.0 cm³/mol. The molecule has 120 valence electrons. The van der Waals surface area contributed by atoms with E-state index in [1.807, 2.05) is 4.68 Å². The van der Waals surface area contributed by atoms with Crippen molar-refractivity contribution < 1.29 is 0 Å². The van der Waals surface area contributed by atoms with E-state index in [9.17, 15) is 0 Å². The lowest BCUT2D eigenvalue weighted by Crippen LogP contribution is -2.35. The maximum absolute atomic E-state index is 6.39. The molecule has 0 aliphatic heterocycles. The summed E-state index contributed by atoms with van der Waals surface area (Å²) in [7, 11) is 4.12. The monoisotopic (exact) mass is 313 g/mol. The molecule has 1 saturated carbocycles. The number of hydrogen-bond acceptors (Lipinski definition) is 4. The third-order valence-electron chi connectivity index (χ3n) is 4.70. The number of aromatic nitrogens is 2. The second-order valence-corrected chi connectivity index (χ2v) is 6.80. The van der Waals surface area contributed by atoms with E-state index in [0.29, 0.717) is 5.92 Å². The van der Waals surface area contributed by atoms with Gasteiger partial charge >= 0.3 is 0 Å². The van der Waals surface area contributed by atoms with Gasteiger partial charge in [-0.1, -0.05) is 31.4 Å². The lowest BCUT2D eigenvalue weighted by molar-refractivity contribution is 0.322. The summed E-state index contributed by atoms with van der Waals surface area (Å²) in [4.78, 5) is 2.15. The highest BCUT2D eigenvalue weighted by Gasteiger charge is 2.33. The summed E-state index contributed by atoms with van der Waals surface area (Å²) in [5, 5.41) is 5.15. The SMILES string of the molecule is CCC1CCC(C(NN)c2c(Cl)cnn2CCN(C)C)C1. The molecule has 0 amide bonds. The highest BCUT2D eigenvalue weighted by molar-refractivity contribution is 6.31. The Morgan fingerprint density at radius 3 is 2.86 bits per heavy atom. The number of rotatable bonds is 7. The van der Waals surface area contributed by atoms with Crippen LogP contribution in [0, 0.1) is 11.8 Å². The molecule has 3 N–H and O–H groups in total. The number of likely N-dealkylation sites (N-methyl/N-ethyl adjacent to an activating group) is 1. The van der Waals surface area contributed by atoms with Crippen LogP contribution < -0.4 is 11.3 Å². The van der Waals surface area contributed by atoms with Crippen molar-refractivity contribution in [2.75, 3.05) is 20.6 Å². The summed E-state index contributed by atoms with van der Waals surface area (Å²) in [6.45, 7) is 4.04. The van der Waals surface area contributed by atoms with Crippen LogP contribution in [0.15, 0.2) is 6.20 Å². The minimum Gasteiger partial charge on any atom is -0.308 e. The number of nitrogens with two attached hydrogens (primary N) is 1. The molecule has 0 saturated heterocycles. The summed E-state index contributed by atoms with van der Waals surface area (Å²) in [5.41, 5.74) is 4.05. The summed E-state index contributed by atoms with van der Waals surface area (Å²) >= 11 is 6.39. The zero-order valence-electron chi connectivity index (χ0n) is 13.3. The zero-order chi connectivity index (χ0) is 15.4. The van der Waals surface area contributed by atoms with Crippen LogP contribution in [0.4, 0.5) is 0 Å². The summed E-state index contributed by atoms with van der Waals surface area (Å²) < 4.78 is 2.01. The summed E-state index contributed by atoms with van der Waals surface area (Å²) in [6.07, 6.45) is 6.72. The van der Waals surface area contributed by atoms with E-state index in [-0.39, 0.29) is 6.04 Å². The lowest BCUT2D eigenvalue weighted by atomic mass is 9.94. The Bertz CT molecular complexity index is 445. The normalized spacial score (nSPS) is 23.9. The first kappa shape index (κ1) is 16.7. The van der Waals surface area contributed by atoms with E-state index in [1.165, 1.54) is 25.7 Å². The van der Waals surface area contributed by atoms with Gasteiger partial charge < -0.3 is 4.90 Å². The molecule has 0 spiro atoms. The molecule has 3 atom stereocenters. The van der Waals surface area contributed by atoms with Crippen molar-refractivity contribution in [2.45, 2.75) is 45.2 Å². The number of hydrazine groups is 1. The first-order chi connectivity index (χ1) is 10.1. The average Bonchev–Trinajstić information content (AvgIpc) is 3.06. The van der Waals surface area contributed by atoms with Crippen LogP contribution in [0.3, 0.4) is 0 Å². The van der Waals surface area contributed by atoms with Crippen molar-refractivity contribution in [3.8, 4) is 0 Å². The van der Waals surface area contributed by atoms with Gasteiger partial charge in [-0.15, -0.1) is 0 Å². The first-order valence-electron chi connectivity index (χ1n) is 7.88. The molecule has 21 heavy (non-hydrogen) atoms. The fraction of sp³-hybridized carbons (Fsp3) is 0.800. The van der Waals surface area contributed by atoms with E-state index in [1.54, 1.807) is 6.20 Å². The molecule has 0 radical (unpaired) electrons. The molecule has 1 aliphatic rings. The largest absolute Gasteiger partial charge is 0.308 e. The molecule has 0 aromatic carbocycles. The van der Waals surface area contributed by atoms with Gasteiger partial charge in [0.1, 0.15) is 0 Å². The minimum atomic E-state index is 0.0960. The lowest BCUT2D eigenvalue weighted by Gasteiger charge is -2.25. The van der Waals surface area contributed by atoms with Gasteiger partial charge in [-0.3, -0.25) is 16.0 Å². The van der Waals surface area contributed by atoms with Gasteiger partial charge in [0.25, 0.3) is 0 Å². The molecular weight excluding hydrogens is 286 g/mol. The molecule has 1 heterocycles. The van der Waals surface area contributed by atoms with Crippen molar-refractivity contribution in [3.05, 3.63) is 16.9 Å². The maximum atomic E-state index is 6.39. The third kappa shape index (κ3) is 3.97. The van der Waals surface area contributed by atoms with Crippen LogP contribution in [0.2, 0.25) is 5.02 Å². The van der Waals surface area contributed by atoms with E-state index in [4.69, 9.17) is 17.4 Å². The second-order valence-electron chi connectivity index (χ2n) is 6.40. The van der Waals surface area contributed by atoms with Gasteiger partial charge in [0, 0.05) is 6.54 Å². The number of halogens is 1. The molecule has 3 unspecified atom stereocenters. The second kappa shape index (κ2) is 7.58. The Labute approximate surface area is 132 Å². The van der Waals surface area contributed by atoms with Crippen LogP contribution in [-0.2, 0) is 6.54 Å². The Morgan fingerprint density at radius 1 is 1.52 bits per heavy atom. The quantitative estimate of drug-likeness (QED) is 0.599. The topological polar surface area (TPSA) is 59.1 Å².